The van der Waals surface area contributed by atoms with Crippen molar-refractivity contribution in [3.8, 4) is 0 Å². The zero-order valence-electron chi connectivity index (χ0n) is 11.1. The zero-order valence-corrected chi connectivity index (χ0v) is 11.1. The monoisotopic (exact) mass is 253 g/mol. The topological polar surface area (TPSA) is 44.4 Å². The third-order valence-electron chi connectivity index (χ3n) is 2.68. The molecule has 0 aromatic heterocycles. The number of carbonyl (C=O) groups excluding carboxylic acids is 1. The predicted octanol–water partition coefficient (Wildman–Crippen LogP) is 1.12. The summed E-state index contributed by atoms with van der Waals surface area (Å²) in [5.41, 5.74) is 1.59. The maximum absolute atomic E-state index is 13.5. The van der Waals surface area contributed by atoms with Crippen LogP contribution in [-0.4, -0.2) is 33.1 Å². The molecule has 2 N–H and O–H groups in total. The lowest BCUT2D eigenvalue weighted by Gasteiger charge is -2.22. The number of anilines is 1. The highest BCUT2D eigenvalue weighted by molar-refractivity contribution is 5.81. The Morgan fingerprint density at radius 1 is 1.33 bits per heavy atom. The number of likely N-dealkylation sites (N-methyl/N-ethyl adjacent to an activating group) is 2. The summed E-state index contributed by atoms with van der Waals surface area (Å²) >= 11 is 0. The van der Waals surface area contributed by atoms with Crippen LogP contribution in [-0.2, 0) is 11.3 Å². The van der Waals surface area contributed by atoms with Gasteiger partial charge < -0.3 is 15.5 Å². The molecule has 1 aromatic rings. The molecule has 1 aromatic carbocycles. The van der Waals surface area contributed by atoms with Gasteiger partial charge in [-0.1, -0.05) is 0 Å². The molecule has 0 atom stereocenters. The molecule has 18 heavy (non-hydrogen) atoms. The Balaban J connectivity index is 2.93. The van der Waals surface area contributed by atoms with Crippen LogP contribution < -0.4 is 15.5 Å². The SMILES string of the molecule is CCN(CC(=O)NC)c1cc(F)cc(CNC)c1. The molecule has 0 aliphatic rings. The summed E-state index contributed by atoms with van der Waals surface area (Å²) in [7, 11) is 3.40. The number of nitrogens with zero attached hydrogens (tertiary/aromatic N) is 1. The van der Waals surface area contributed by atoms with Crippen molar-refractivity contribution in [1.82, 2.24) is 10.6 Å². The smallest absolute Gasteiger partial charge is 0.239 e. The summed E-state index contributed by atoms with van der Waals surface area (Å²) in [6, 6.07) is 4.84. The van der Waals surface area contributed by atoms with E-state index in [2.05, 4.69) is 10.6 Å². The summed E-state index contributed by atoms with van der Waals surface area (Å²) < 4.78 is 13.5. The molecule has 0 aliphatic heterocycles. The first kappa shape index (κ1) is 14.4. The van der Waals surface area contributed by atoms with Crippen molar-refractivity contribution in [2.24, 2.45) is 0 Å². The molecule has 0 bridgehead atoms. The highest BCUT2D eigenvalue weighted by Gasteiger charge is 2.10. The number of carbonyl (C=O) groups is 1. The Hall–Kier alpha value is -1.62. The van der Waals surface area contributed by atoms with Crippen LogP contribution in [0.5, 0.6) is 0 Å². The molecule has 0 saturated heterocycles. The van der Waals surface area contributed by atoms with Crippen LogP contribution in [0.3, 0.4) is 0 Å². The van der Waals surface area contributed by atoms with Gasteiger partial charge in [0.25, 0.3) is 0 Å². The van der Waals surface area contributed by atoms with E-state index in [4.69, 9.17) is 0 Å². The molecule has 0 unspecified atom stereocenters. The van der Waals surface area contributed by atoms with Crippen molar-refractivity contribution in [1.29, 1.82) is 0 Å². The van der Waals surface area contributed by atoms with Gasteiger partial charge in [-0.05, 0) is 37.7 Å². The highest BCUT2D eigenvalue weighted by atomic mass is 19.1. The van der Waals surface area contributed by atoms with E-state index in [1.807, 2.05) is 24.9 Å². The van der Waals surface area contributed by atoms with Crippen molar-refractivity contribution >= 4 is 11.6 Å². The van der Waals surface area contributed by atoms with Gasteiger partial charge in [0.05, 0.1) is 6.54 Å². The molecular weight excluding hydrogens is 233 g/mol. The normalized spacial score (nSPS) is 10.2. The number of hydrogen-bond acceptors (Lipinski definition) is 3. The number of rotatable bonds is 6. The molecule has 1 amide bonds. The van der Waals surface area contributed by atoms with Crippen LogP contribution in [0.2, 0.25) is 0 Å². The van der Waals surface area contributed by atoms with E-state index in [-0.39, 0.29) is 18.3 Å². The molecule has 0 aliphatic carbocycles. The number of nitrogens with one attached hydrogen (secondary N) is 2. The largest absolute Gasteiger partial charge is 0.362 e. The minimum absolute atomic E-state index is 0.0868. The van der Waals surface area contributed by atoms with Gasteiger partial charge in [-0.3, -0.25) is 4.79 Å². The fourth-order valence-electron chi connectivity index (χ4n) is 1.76. The molecule has 0 fully saturated rings. The van der Waals surface area contributed by atoms with Crippen molar-refractivity contribution < 1.29 is 9.18 Å². The second-order valence-electron chi connectivity index (χ2n) is 4.04. The van der Waals surface area contributed by atoms with Crippen molar-refractivity contribution in [3.05, 3.63) is 29.6 Å². The first-order chi connectivity index (χ1) is 8.60. The zero-order chi connectivity index (χ0) is 13.5. The van der Waals surface area contributed by atoms with Gasteiger partial charge >= 0.3 is 0 Å². The van der Waals surface area contributed by atoms with E-state index in [1.165, 1.54) is 12.1 Å². The minimum atomic E-state index is -0.284. The second-order valence-corrected chi connectivity index (χ2v) is 4.04. The number of benzene rings is 1. The fraction of sp³-hybridized carbons (Fsp3) is 0.462. The van der Waals surface area contributed by atoms with Crippen LogP contribution in [0.1, 0.15) is 12.5 Å². The average molecular weight is 253 g/mol. The Labute approximate surface area is 107 Å². The maximum atomic E-state index is 13.5. The Morgan fingerprint density at radius 3 is 2.61 bits per heavy atom. The van der Waals surface area contributed by atoms with E-state index in [9.17, 15) is 9.18 Å². The van der Waals surface area contributed by atoms with Crippen molar-refractivity contribution in [2.75, 3.05) is 32.1 Å². The van der Waals surface area contributed by atoms with Gasteiger partial charge in [0.1, 0.15) is 5.82 Å². The van der Waals surface area contributed by atoms with E-state index >= 15 is 0 Å². The Kier molecular flexibility index (Phi) is 5.58. The first-order valence-electron chi connectivity index (χ1n) is 6.00. The molecule has 100 valence electrons. The predicted molar refractivity (Wildman–Crippen MR) is 71.1 cm³/mol. The van der Waals surface area contributed by atoms with Gasteiger partial charge in [0.15, 0.2) is 0 Å². The maximum Gasteiger partial charge on any atom is 0.239 e. The Morgan fingerprint density at radius 2 is 2.06 bits per heavy atom. The average Bonchev–Trinajstić information content (AvgIpc) is 2.35. The number of amides is 1. The van der Waals surface area contributed by atoms with Crippen LogP contribution in [0.4, 0.5) is 10.1 Å². The van der Waals surface area contributed by atoms with E-state index in [0.717, 1.165) is 11.3 Å². The molecule has 0 radical (unpaired) electrons. The summed E-state index contributed by atoms with van der Waals surface area (Å²) in [5.74, 6) is -0.371. The quantitative estimate of drug-likeness (QED) is 0.798. The lowest BCUT2D eigenvalue weighted by atomic mass is 10.1. The lowest BCUT2D eigenvalue weighted by Crippen LogP contribution is -2.35. The molecule has 4 nitrogen and oxygen atoms in total. The van der Waals surface area contributed by atoms with Crippen LogP contribution in [0.15, 0.2) is 18.2 Å². The van der Waals surface area contributed by atoms with Gasteiger partial charge in [-0.2, -0.15) is 0 Å². The van der Waals surface area contributed by atoms with Crippen molar-refractivity contribution in [2.45, 2.75) is 13.5 Å². The standard InChI is InChI=1S/C13H20FN3O/c1-4-17(9-13(18)16-3)12-6-10(8-15-2)5-11(14)7-12/h5-7,15H,4,8-9H2,1-3H3,(H,16,18). The molecule has 0 saturated carbocycles. The summed E-state index contributed by atoms with van der Waals surface area (Å²) in [6.45, 7) is 3.42. The minimum Gasteiger partial charge on any atom is -0.362 e. The number of hydrogen-bond donors (Lipinski definition) is 2. The molecule has 0 spiro atoms. The lowest BCUT2D eigenvalue weighted by molar-refractivity contribution is -0.119. The highest BCUT2D eigenvalue weighted by Crippen LogP contribution is 2.18. The summed E-state index contributed by atoms with van der Waals surface area (Å²) in [4.78, 5) is 13.2. The molecule has 5 heteroatoms. The number of halogens is 1. The van der Waals surface area contributed by atoms with Crippen LogP contribution >= 0.6 is 0 Å². The molecular formula is C13H20FN3O. The van der Waals surface area contributed by atoms with E-state index < -0.39 is 0 Å². The van der Waals surface area contributed by atoms with Crippen molar-refractivity contribution in [3.63, 3.8) is 0 Å². The molecule has 1 rings (SSSR count). The van der Waals surface area contributed by atoms with E-state index in [0.29, 0.717) is 13.1 Å². The van der Waals surface area contributed by atoms with Gasteiger partial charge in [-0.25, -0.2) is 4.39 Å². The van der Waals surface area contributed by atoms with Gasteiger partial charge in [0, 0.05) is 25.8 Å². The second kappa shape index (κ2) is 6.96. The van der Waals surface area contributed by atoms with Gasteiger partial charge in [-0.15, -0.1) is 0 Å². The molecule has 0 heterocycles. The summed E-state index contributed by atoms with van der Waals surface area (Å²) in [5, 5.41) is 5.55. The third-order valence-corrected chi connectivity index (χ3v) is 2.68. The first-order valence-corrected chi connectivity index (χ1v) is 6.00. The summed E-state index contributed by atoms with van der Waals surface area (Å²) in [6.07, 6.45) is 0. The Bertz CT molecular complexity index is 409. The van der Waals surface area contributed by atoms with E-state index in [1.54, 1.807) is 7.05 Å². The van der Waals surface area contributed by atoms with Gasteiger partial charge in [0.2, 0.25) is 5.91 Å². The fourth-order valence-corrected chi connectivity index (χ4v) is 1.76. The third kappa shape index (κ3) is 4.00. The van der Waals surface area contributed by atoms with Crippen LogP contribution in [0, 0.1) is 5.82 Å². The van der Waals surface area contributed by atoms with Crippen LogP contribution in [0.25, 0.3) is 0 Å².